The van der Waals surface area contributed by atoms with Gasteiger partial charge in [-0.1, -0.05) is 206 Å². The molecule has 322 valence electrons. The smallest absolute Gasteiger partial charge is 0.164 e. The molecule has 4 nitrogen and oxygen atoms in total. The van der Waals surface area contributed by atoms with E-state index in [1.54, 1.807) is 11.3 Å². The Morgan fingerprint density at radius 3 is 1.71 bits per heavy atom. The van der Waals surface area contributed by atoms with Crippen molar-refractivity contribution in [3.8, 4) is 67.5 Å². The molecule has 69 heavy (non-hydrogen) atoms. The van der Waals surface area contributed by atoms with Gasteiger partial charge in [0.2, 0.25) is 0 Å². The molecule has 0 unspecified atom stereocenters. The van der Waals surface area contributed by atoms with E-state index in [0.717, 1.165) is 49.8 Å². The van der Waals surface area contributed by atoms with Crippen LogP contribution in [0.1, 0.15) is 22.3 Å². The highest BCUT2D eigenvalue weighted by atomic mass is 32.1. The van der Waals surface area contributed by atoms with Gasteiger partial charge in [-0.05, 0) is 86.0 Å². The summed E-state index contributed by atoms with van der Waals surface area (Å²) in [5, 5.41) is 4.48. The summed E-state index contributed by atoms with van der Waals surface area (Å²) in [4.78, 5) is 15.5. The summed E-state index contributed by atoms with van der Waals surface area (Å²) in [7, 11) is 0. The van der Waals surface area contributed by atoms with E-state index in [9.17, 15) is 0 Å². The maximum Gasteiger partial charge on any atom is 0.164 e. The van der Waals surface area contributed by atoms with E-state index in [0.29, 0.717) is 17.5 Å². The van der Waals surface area contributed by atoms with Crippen molar-refractivity contribution < 1.29 is 4.42 Å². The van der Waals surface area contributed by atoms with E-state index in [4.69, 9.17) is 19.4 Å². The van der Waals surface area contributed by atoms with Crippen LogP contribution in [0.3, 0.4) is 0 Å². The standard InChI is InChI=1S/C64H39N3OS/c1-4-16-42(17-5-1)61-65-62(44-34-36-49-48-22-11-13-29-57(48)69-58(49)39-44)67-63(66-61)51-25-15-28-56-60(51)52-38-43(35-37-55(52)68-56)40-30-32-41(33-31-40)47-24-14-27-54-59(47)50-23-10-12-26-53(50)64(54,45-18-6-2-7-19-45)46-20-8-3-9-21-46/h1-39H. The van der Waals surface area contributed by atoms with Gasteiger partial charge in [0.25, 0.3) is 0 Å². The average Bonchev–Trinajstić information content (AvgIpc) is 4.09. The first kappa shape index (κ1) is 39.4. The number of benzene rings is 10. The van der Waals surface area contributed by atoms with Crippen molar-refractivity contribution in [1.82, 2.24) is 15.0 Å². The highest BCUT2D eigenvalue weighted by Gasteiger charge is 2.46. The number of aromatic nitrogens is 3. The molecular formula is C64H39N3OS. The van der Waals surface area contributed by atoms with Gasteiger partial charge in [0, 0.05) is 47.6 Å². The van der Waals surface area contributed by atoms with Crippen molar-refractivity contribution in [3.63, 3.8) is 0 Å². The molecule has 0 saturated carbocycles. The Kier molecular flexibility index (Phi) is 8.95. The second-order valence-electron chi connectivity index (χ2n) is 17.8. The van der Waals surface area contributed by atoms with Crippen molar-refractivity contribution in [2.24, 2.45) is 0 Å². The van der Waals surface area contributed by atoms with Crippen LogP contribution in [0.4, 0.5) is 0 Å². The fourth-order valence-corrected chi connectivity index (χ4v) is 12.1. The monoisotopic (exact) mass is 897 g/mol. The SMILES string of the molecule is c1ccc(-c2nc(-c3ccc4c(c3)sc3ccccc34)nc(-c3cccc4oc5ccc(-c6ccc(-c7cccc8c7-c7ccccc7C8(c7ccccc7)c7ccccc7)cc6)cc5c34)n2)cc1. The molecule has 0 spiro atoms. The zero-order valence-corrected chi connectivity index (χ0v) is 38.0. The number of furan rings is 1. The summed E-state index contributed by atoms with van der Waals surface area (Å²) in [6.45, 7) is 0. The molecule has 0 aliphatic heterocycles. The van der Waals surface area contributed by atoms with Gasteiger partial charge in [0.05, 0.1) is 5.41 Å². The van der Waals surface area contributed by atoms with Crippen LogP contribution in [0.25, 0.3) is 110 Å². The van der Waals surface area contributed by atoms with E-state index < -0.39 is 5.41 Å². The summed E-state index contributed by atoms with van der Waals surface area (Å²) in [6.07, 6.45) is 0. The largest absolute Gasteiger partial charge is 0.456 e. The lowest BCUT2D eigenvalue weighted by Gasteiger charge is -2.34. The van der Waals surface area contributed by atoms with Gasteiger partial charge >= 0.3 is 0 Å². The number of hydrogen-bond acceptors (Lipinski definition) is 5. The molecule has 0 saturated heterocycles. The lowest BCUT2D eigenvalue weighted by atomic mass is 9.67. The fourth-order valence-electron chi connectivity index (χ4n) is 11.0. The molecule has 0 amide bonds. The molecule has 0 bridgehead atoms. The quantitative estimate of drug-likeness (QED) is 0.160. The predicted octanol–water partition coefficient (Wildman–Crippen LogP) is 16.8. The first-order valence-electron chi connectivity index (χ1n) is 23.3. The molecule has 0 radical (unpaired) electrons. The minimum Gasteiger partial charge on any atom is -0.456 e. The van der Waals surface area contributed by atoms with Crippen LogP contribution < -0.4 is 0 Å². The van der Waals surface area contributed by atoms with Gasteiger partial charge < -0.3 is 4.42 Å². The molecule has 0 N–H and O–H groups in total. The lowest BCUT2D eigenvalue weighted by Crippen LogP contribution is -2.28. The molecule has 1 aliphatic carbocycles. The minimum atomic E-state index is -0.452. The first-order valence-corrected chi connectivity index (χ1v) is 24.1. The molecule has 10 aromatic carbocycles. The third-order valence-electron chi connectivity index (χ3n) is 14.1. The van der Waals surface area contributed by atoms with Crippen molar-refractivity contribution in [2.75, 3.05) is 0 Å². The summed E-state index contributed by atoms with van der Waals surface area (Å²) in [6, 6.07) is 84.7. The summed E-state index contributed by atoms with van der Waals surface area (Å²) >= 11 is 1.79. The average molecular weight is 898 g/mol. The Hall–Kier alpha value is -8.77. The van der Waals surface area contributed by atoms with Crippen LogP contribution in [0.5, 0.6) is 0 Å². The van der Waals surface area contributed by atoms with Crippen LogP contribution in [0.2, 0.25) is 0 Å². The second kappa shape index (κ2) is 15.7. The van der Waals surface area contributed by atoms with E-state index >= 15 is 0 Å². The highest BCUT2D eigenvalue weighted by molar-refractivity contribution is 7.25. The second-order valence-corrected chi connectivity index (χ2v) is 18.9. The van der Waals surface area contributed by atoms with Gasteiger partial charge in [-0.25, -0.2) is 15.0 Å². The summed E-state index contributed by atoms with van der Waals surface area (Å²) in [5.41, 5.74) is 16.2. The van der Waals surface area contributed by atoms with Gasteiger partial charge in [-0.15, -0.1) is 11.3 Å². The number of thiophene rings is 1. The van der Waals surface area contributed by atoms with Crippen LogP contribution in [-0.2, 0) is 5.41 Å². The van der Waals surface area contributed by atoms with Crippen molar-refractivity contribution in [3.05, 3.63) is 259 Å². The first-order chi connectivity index (χ1) is 34.2. The van der Waals surface area contributed by atoms with Crippen LogP contribution >= 0.6 is 11.3 Å². The highest BCUT2D eigenvalue weighted by Crippen LogP contribution is 2.58. The summed E-state index contributed by atoms with van der Waals surface area (Å²) in [5.74, 6) is 1.84. The number of fused-ring (bicyclic) bond motifs is 9. The van der Waals surface area contributed by atoms with E-state index in [1.165, 1.54) is 64.7 Å². The molecule has 14 rings (SSSR count). The molecule has 5 heteroatoms. The van der Waals surface area contributed by atoms with Crippen LogP contribution in [0, 0.1) is 0 Å². The third-order valence-corrected chi connectivity index (χ3v) is 15.2. The lowest BCUT2D eigenvalue weighted by molar-refractivity contribution is 0.669. The van der Waals surface area contributed by atoms with Crippen molar-refractivity contribution in [1.29, 1.82) is 0 Å². The Balaban J connectivity index is 0.880. The number of rotatable bonds is 7. The fraction of sp³-hybridized carbons (Fsp3) is 0.0156. The molecule has 1 aliphatic rings. The van der Waals surface area contributed by atoms with E-state index in [-0.39, 0.29) is 0 Å². The Bertz CT molecular complexity index is 4080. The van der Waals surface area contributed by atoms with E-state index in [1.807, 2.05) is 30.3 Å². The molecule has 3 heterocycles. The molecule has 3 aromatic heterocycles. The van der Waals surface area contributed by atoms with Gasteiger partial charge in [0.1, 0.15) is 11.2 Å². The summed E-state index contributed by atoms with van der Waals surface area (Å²) < 4.78 is 9.04. The van der Waals surface area contributed by atoms with Gasteiger partial charge in [-0.2, -0.15) is 0 Å². The Morgan fingerprint density at radius 1 is 0.333 bits per heavy atom. The Morgan fingerprint density at radius 2 is 0.913 bits per heavy atom. The van der Waals surface area contributed by atoms with E-state index in [2.05, 4.69) is 206 Å². The Labute approximate surface area is 402 Å². The molecule has 0 atom stereocenters. The molecule has 0 fully saturated rings. The maximum atomic E-state index is 6.57. The zero-order valence-electron chi connectivity index (χ0n) is 37.2. The minimum absolute atomic E-state index is 0.452. The third kappa shape index (κ3) is 6.18. The predicted molar refractivity (Wildman–Crippen MR) is 284 cm³/mol. The normalized spacial score (nSPS) is 12.8. The maximum absolute atomic E-state index is 6.57. The van der Waals surface area contributed by atoms with Crippen LogP contribution in [-0.4, -0.2) is 15.0 Å². The van der Waals surface area contributed by atoms with Gasteiger partial charge in [-0.3, -0.25) is 0 Å². The number of nitrogens with zero attached hydrogens (tertiary/aromatic N) is 3. The van der Waals surface area contributed by atoms with Crippen molar-refractivity contribution >= 4 is 53.4 Å². The zero-order chi connectivity index (χ0) is 45.5. The van der Waals surface area contributed by atoms with Crippen molar-refractivity contribution in [2.45, 2.75) is 5.41 Å². The van der Waals surface area contributed by atoms with Gasteiger partial charge in [0.15, 0.2) is 17.5 Å². The molecular weight excluding hydrogens is 859 g/mol. The topological polar surface area (TPSA) is 51.8 Å². The number of hydrogen-bond donors (Lipinski definition) is 0. The van der Waals surface area contributed by atoms with Crippen LogP contribution in [0.15, 0.2) is 241 Å². The molecule has 13 aromatic rings.